The molecule has 0 bridgehead atoms. The van der Waals surface area contributed by atoms with Gasteiger partial charge in [0.15, 0.2) is 0 Å². The number of nitrogens with one attached hydrogen (secondary N) is 1. The first-order valence-corrected chi connectivity index (χ1v) is 7.97. The Labute approximate surface area is 144 Å². The Kier molecular flexibility index (Phi) is 6.90. The molecule has 0 amide bonds. The molecule has 4 heteroatoms. The molecule has 2 atom stereocenters. The summed E-state index contributed by atoms with van der Waals surface area (Å²) in [6.07, 6.45) is 2.52. The number of benzene rings is 2. The lowest BCUT2D eigenvalue weighted by Gasteiger charge is -2.15. The number of aryl methyl sites for hydroxylation is 2. The van der Waals surface area contributed by atoms with E-state index in [0.29, 0.717) is 13.2 Å². The average Bonchev–Trinajstić information content (AvgIpc) is 2.98. The van der Waals surface area contributed by atoms with Crippen molar-refractivity contribution in [1.29, 1.82) is 0 Å². The van der Waals surface area contributed by atoms with E-state index < -0.39 is 0 Å². The smallest absolute Gasteiger partial charge is 0.122 e. The zero-order valence-electron chi connectivity index (χ0n) is 13.2. The van der Waals surface area contributed by atoms with Crippen LogP contribution in [-0.4, -0.2) is 30.4 Å². The third-order valence-corrected chi connectivity index (χ3v) is 4.14. The van der Waals surface area contributed by atoms with Crippen LogP contribution in [0.5, 0.6) is 5.75 Å². The number of aliphatic hydroxyl groups excluding tert-OH is 1. The van der Waals surface area contributed by atoms with Crippen molar-refractivity contribution in [3.8, 4) is 5.75 Å². The zero-order chi connectivity index (χ0) is 15.2. The Morgan fingerprint density at radius 2 is 1.74 bits per heavy atom. The third kappa shape index (κ3) is 5.24. The van der Waals surface area contributed by atoms with Gasteiger partial charge in [0, 0.05) is 12.6 Å². The number of rotatable bonds is 6. The minimum atomic E-state index is -0.234. The van der Waals surface area contributed by atoms with Gasteiger partial charge in [-0.25, -0.2) is 0 Å². The molecule has 1 unspecified atom stereocenters. The lowest BCUT2D eigenvalue weighted by atomic mass is 10.0. The minimum absolute atomic E-state index is 0. The van der Waals surface area contributed by atoms with E-state index in [-0.39, 0.29) is 24.6 Å². The highest BCUT2D eigenvalue weighted by molar-refractivity contribution is 5.85. The van der Waals surface area contributed by atoms with Gasteiger partial charge in [0.1, 0.15) is 12.4 Å². The Hall–Kier alpha value is -1.55. The van der Waals surface area contributed by atoms with Crippen molar-refractivity contribution in [2.45, 2.75) is 31.4 Å². The fourth-order valence-corrected chi connectivity index (χ4v) is 2.89. The SMILES string of the molecule is Cl.O[C@H]1CNC(COc2ccccc2CCc2ccccc2)C1. The van der Waals surface area contributed by atoms with Gasteiger partial charge in [-0.05, 0) is 36.5 Å². The van der Waals surface area contributed by atoms with E-state index in [1.54, 1.807) is 0 Å². The molecular formula is C19H24ClNO2. The molecule has 3 nitrogen and oxygen atoms in total. The molecule has 1 aliphatic heterocycles. The van der Waals surface area contributed by atoms with E-state index in [0.717, 1.165) is 25.0 Å². The van der Waals surface area contributed by atoms with E-state index in [1.807, 2.05) is 18.2 Å². The van der Waals surface area contributed by atoms with Crippen LogP contribution in [0.15, 0.2) is 54.6 Å². The molecule has 124 valence electrons. The van der Waals surface area contributed by atoms with Crippen molar-refractivity contribution >= 4 is 12.4 Å². The first kappa shape index (κ1) is 17.8. The minimum Gasteiger partial charge on any atom is -0.492 e. The topological polar surface area (TPSA) is 41.5 Å². The molecule has 2 N–H and O–H groups in total. The summed E-state index contributed by atoms with van der Waals surface area (Å²) in [4.78, 5) is 0. The van der Waals surface area contributed by atoms with E-state index in [4.69, 9.17) is 4.74 Å². The molecule has 1 heterocycles. The Morgan fingerprint density at radius 3 is 2.48 bits per heavy atom. The van der Waals surface area contributed by atoms with Gasteiger partial charge in [-0.15, -0.1) is 12.4 Å². The van der Waals surface area contributed by atoms with Crippen LogP contribution in [0.3, 0.4) is 0 Å². The maximum absolute atomic E-state index is 9.54. The van der Waals surface area contributed by atoms with Crippen LogP contribution >= 0.6 is 12.4 Å². The fourth-order valence-electron chi connectivity index (χ4n) is 2.89. The second kappa shape index (κ2) is 8.92. The molecule has 0 spiro atoms. The first-order chi connectivity index (χ1) is 10.8. The van der Waals surface area contributed by atoms with Crippen molar-refractivity contribution in [3.05, 3.63) is 65.7 Å². The number of para-hydroxylation sites is 1. The van der Waals surface area contributed by atoms with Crippen LogP contribution in [0.1, 0.15) is 17.5 Å². The summed E-state index contributed by atoms with van der Waals surface area (Å²) in [7, 11) is 0. The van der Waals surface area contributed by atoms with Gasteiger partial charge in [-0.2, -0.15) is 0 Å². The van der Waals surface area contributed by atoms with Crippen LogP contribution in [0.25, 0.3) is 0 Å². The van der Waals surface area contributed by atoms with Crippen molar-refractivity contribution in [1.82, 2.24) is 5.32 Å². The number of hydrogen-bond donors (Lipinski definition) is 2. The van der Waals surface area contributed by atoms with Gasteiger partial charge in [0.25, 0.3) is 0 Å². The van der Waals surface area contributed by atoms with Gasteiger partial charge >= 0.3 is 0 Å². The predicted octanol–water partition coefficient (Wildman–Crippen LogP) is 3.00. The van der Waals surface area contributed by atoms with Gasteiger partial charge in [-0.3, -0.25) is 0 Å². The molecule has 2 aromatic rings. The molecular weight excluding hydrogens is 310 g/mol. The second-order valence-corrected chi connectivity index (χ2v) is 5.90. The highest BCUT2D eigenvalue weighted by atomic mass is 35.5. The van der Waals surface area contributed by atoms with E-state index in [1.165, 1.54) is 11.1 Å². The van der Waals surface area contributed by atoms with Crippen molar-refractivity contribution in [2.75, 3.05) is 13.2 Å². The second-order valence-electron chi connectivity index (χ2n) is 5.90. The summed E-state index contributed by atoms with van der Waals surface area (Å²) < 4.78 is 5.98. The summed E-state index contributed by atoms with van der Waals surface area (Å²) in [5.41, 5.74) is 2.59. The zero-order valence-corrected chi connectivity index (χ0v) is 14.0. The van der Waals surface area contributed by atoms with Crippen molar-refractivity contribution in [3.63, 3.8) is 0 Å². The molecule has 1 saturated heterocycles. The monoisotopic (exact) mass is 333 g/mol. The molecule has 1 aliphatic rings. The van der Waals surface area contributed by atoms with Crippen LogP contribution < -0.4 is 10.1 Å². The highest BCUT2D eigenvalue weighted by Gasteiger charge is 2.22. The van der Waals surface area contributed by atoms with Gasteiger partial charge in [0.05, 0.1) is 6.10 Å². The molecule has 0 aliphatic carbocycles. The van der Waals surface area contributed by atoms with Gasteiger partial charge < -0.3 is 15.2 Å². The Bertz CT molecular complexity index is 591. The molecule has 23 heavy (non-hydrogen) atoms. The molecule has 0 saturated carbocycles. The molecule has 0 aromatic heterocycles. The normalized spacial score (nSPS) is 20.0. The summed E-state index contributed by atoms with van der Waals surface area (Å²) in [5, 5.41) is 12.8. The lowest BCUT2D eigenvalue weighted by molar-refractivity contribution is 0.187. The van der Waals surface area contributed by atoms with E-state index >= 15 is 0 Å². The largest absolute Gasteiger partial charge is 0.492 e. The number of aliphatic hydroxyl groups is 1. The molecule has 2 aromatic carbocycles. The number of halogens is 1. The van der Waals surface area contributed by atoms with Crippen LogP contribution in [0, 0.1) is 0 Å². The Morgan fingerprint density at radius 1 is 1.00 bits per heavy atom. The Balaban J connectivity index is 0.00000192. The van der Waals surface area contributed by atoms with Crippen LogP contribution in [0.2, 0.25) is 0 Å². The maximum Gasteiger partial charge on any atom is 0.122 e. The fraction of sp³-hybridized carbons (Fsp3) is 0.368. The molecule has 0 radical (unpaired) electrons. The first-order valence-electron chi connectivity index (χ1n) is 7.97. The summed E-state index contributed by atoms with van der Waals surface area (Å²) in [6, 6.07) is 19.0. The average molecular weight is 334 g/mol. The maximum atomic E-state index is 9.54. The standard InChI is InChI=1S/C19H23NO2.ClH/c21-18-12-17(20-13-18)14-22-19-9-5-4-8-16(19)11-10-15-6-2-1-3-7-15;/h1-9,17-18,20-21H,10-14H2;1H/t17?,18-;/m1./s1. The summed E-state index contributed by atoms with van der Waals surface area (Å²) >= 11 is 0. The predicted molar refractivity (Wildman–Crippen MR) is 95.4 cm³/mol. The van der Waals surface area contributed by atoms with Gasteiger partial charge in [0.2, 0.25) is 0 Å². The number of β-amino-alcohol motifs (C(OH)–C–C–N with tert-alkyl or cyclic N) is 1. The lowest BCUT2D eigenvalue weighted by Crippen LogP contribution is -2.28. The summed E-state index contributed by atoms with van der Waals surface area (Å²) in [5.74, 6) is 0.960. The highest BCUT2D eigenvalue weighted by Crippen LogP contribution is 2.21. The van der Waals surface area contributed by atoms with E-state index in [9.17, 15) is 5.11 Å². The number of hydrogen-bond acceptors (Lipinski definition) is 3. The molecule has 1 fully saturated rings. The van der Waals surface area contributed by atoms with E-state index in [2.05, 4.69) is 41.7 Å². The summed E-state index contributed by atoms with van der Waals surface area (Å²) in [6.45, 7) is 1.28. The molecule has 3 rings (SSSR count). The quantitative estimate of drug-likeness (QED) is 0.854. The van der Waals surface area contributed by atoms with Crippen LogP contribution in [0.4, 0.5) is 0 Å². The van der Waals surface area contributed by atoms with Crippen molar-refractivity contribution in [2.24, 2.45) is 0 Å². The van der Waals surface area contributed by atoms with Crippen LogP contribution in [-0.2, 0) is 12.8 Å². The third-order valence-electron chi connectivity index (χ3n) is 4.14. The van der Waals surface area contributed by atoms with Gasteiger partial charge in [-0.1, -0.05) is 48.5 Å². The number of ether oxygens (including phenoxy) is 1. The van der Waals surface area contributed by atoms with Crippen molar-refractivity contribution < 1.29 is 9.84 Å².